The van der Waals surface area contributed by atoms with Gasteiger partial charge >= 0.3 is 0 Å². The van der Waals surface area contributed by atoms with E-state index in [-0.39, 0.29) is 22.7 Å². The lowest BCUT2D eigenvalue weighted by Gasteiger charge is -2.56. The number of rotatable bonds is 6. The van der Waals surface area contributed by atoms with Crippen LogP contribution in [0.1, 0.15) is 75.8 Å². The summed E-state index contributed by atoms with van der Waals surface area (Å²) in [6.07, 6.45) is 10.2. The maximum Gasteiger partial charge on any atom is 0.156 e. The molecule has 4 aliphatic rings. The van der Waals surface area contributed by atoms with Crippen LogP contribution in [0, 0.1) is 17.3 Å². The third-order valence-electron chi connectivity index (χ3n) is 9.37. The Bertz CT molecular complexity index is 1030. The van der Waals surface area contributed by atoms with E-state index in [1.54, 1.807) is 12.7 Å². The molecule has 182 valence electrons. The van der Waals surface area contributed by atoms with E-state index in [1.807, 2.05) is 18.2 Å². The molecule has 5 heteroatoms. The number of ketones is 1. The smallest absolute Gasteiger partial charge is 0.156 e. The zero-order valence-electron chi connectivity index (χ0n) is 20.7. The fraction of sp³-hybridized carbons (Fsp3) is 0.586. The quantitative estimate of drug-likeness (QED) is 0.328. The van der Waals surface area contributed by atoms with Crippen molar-refractivity contribution in [2.75, 3.05) is 20.3 Å². The predicted octanol–water partition coefficient (Wildman–Crippen LogP) is 5.82. The monoisotopic (exact) mass is 463 g/mol. The Hall–Kier alpha value is -2.24. The maximum absolute atomic E-state index is 12.2. The molecule has 5 nitrogen and oxygen atoms in total. The van der Waals surface area contributed by atoms with Gasteiger partial charge in [-0.15, -0.1) is 0 Å². The van der Waals surface area contributed by atoms with Crippen molar-refractivity contribution < 1.29 is 19.5 Å². The van der Waals surface area contributed by atoms with Crippen molar-refractivity contribution in [3.05, 3.63) is 58.2 Å². The Kier molecular flexibility index (Phi) is 6.28. The van der Waals surface area contributed by atoms with Crippen LogP contribution in [0.25, 0.3) is 0 Å². The molecule has 1 aromatic carbocycles. The summed E-state index contributed by atoms with van der Waals surface area (Å²) >= 11 is 0. The highest BCUT2D eigenvalue weighted by Gasteiger charge is 2.64. The molecule has 0 aromatic heterocycles. The number of benzene rings is 1. The van der Waals surface area contributed by atoms with Gasteiger partial charge in [-0.1, -0.05) is 41.9 Å². The van der Waals surface area contributed by atoms with Gasteiger partial charge < -0.3 is 14.7 Å². The summed E-state index contributed by atoms with van der Waals surface area (Å²) in [4.78, 5) is 12.2. The first-order valence-electron chi connectivity index (χ1n) is 12.8. The van der Waals surface area contributed by atoms with E-state index in [1.165, 1.54) is 22.9 Å². The molecule has 0 radical (unpaired) electrons. The topological polar surface area (TPSA) is 68.1 Å². The SMILES string of the molecule is CCO[C@@]1(COC)CC[C@H]2[C@@H]3CCC4=CC(=O)CCC4=C3[C@@H](c3ccc(/C=N/O)cc3)C[C@@]21C. The van der Waals surface area contributed by atoms with E-state index in [0.717, 1.165) is 44.1 Å². The summed E-state index contributed by atoms with van der Waals surface area (Å²) in [7, 11) is 1.79. The number of ether oxygens (including phenoxy) is 2. The summed E-state index contributed by atoms with van der Waals surface area (Å²) in [6, 6.07) is 8.45. The average molecular weight is 464 g/mol. The molecular formula is C29H37NO4. The van der Waals surface area contributed by atoms with Crippen LogP contribution in [0.2, 0.25) is 0 Å². The molecule has 0 bridgehead atoms. The standard InChI is InChI=1S/C29H37NO4/c1-4-34-29(18-33-3)14-13-26-24-11-9-21-15-22(31)10-12-23(21)27(24)25(16-28(26,29)2)20-7-5-19(6-8-20)17-30-32/h5-8,15,17,24-26,32H,4,9-14,16,18H2,1-3H3/b30-17+/t24-,25+,26-,28-,29+/m0/s1. The van der Waals surface area contributed by atoms with Crippen LogP contribution < -0.4 is 0 Å². The van der Waals surface area contributed by atoms with Crippen LogP contribution in [0.15, 0.2) is 52.2 Å². The normalized spacial score (nSPS) is 35.2. The van der Waals surface area contributed by atoms with Crippen LogP contribution in [0.4, 0.5) is 0 Å². The van der Waals surface area contributed by atoms with Crippen LogP contribution in [0.5, 0.6) is 0 Å². The first kappa shape index (κ1) is 23.5. The highest BCUT2D eigenvalue weighted by molar-refractivity contribution is 5.93. The molecule has 34 heavy (non-hydrogen) atoms. The Balaban J connectivity index is 1.65. The number of fused-ring (bicyclic) bond motifs is 4. The Morgan fingerprint density at radius 2 is 1.97 bits per heavy atom. The first-order chi connectivity index (χ1) is 16.5. The van der Waals surface area contributed by atoms with E-state index < -0.39 is 0 Å². The van der Waals surface area contributed by atoms with Gasteiger partial charge in [0.05, 0.1) is 18.4 Å². The van der Waals surface area contributed by atoms with Crippen molar-refractivity contribution >= 4 is 12.0 Å². The number of hydrogen-bond acceptors (Lipinski definition) is 5. The fourth-order valence-electron chi connectivity index (χ4n) is 7.94. The van der Waals surface area contributed by atoms with Crippen molar-refractivity contribution in [3.63, 3.8) is 0 Å². The second-order valence-corrected chi connectivity index (χ2v) is 10.8. The Morgan fingerprint density at radius 1 is 1.18 bits per heavy atom. The molecule has 1 aromatic rings. The molecule has 5 rings (SSSR count). The van der Waals surface area contributed by atoms with Gasteiger partial charge in [-0.3, -0.25) is 4.79 Å². The largest absolute Gasteiger partial charge is 0.411 e. The molecule has 1 N–H and O–H groups in total. The van der Waals surface area contributed by atoms with Gasteiger partial charge in [0.25, 0.3) is 0 Å². The van der Waals surface area contributed by atoms with Gasteiger partial charge in [-0.25, -0.2) is 0 Å². The summed E-state index contributed by atoms with van der Waals surface area (Å²) in [5.41, 5.74) is 6.26. The molecule has 0 unspecified atom stereocenters. The highest BCUT2D eigenvalue weighted by atomic mass is 16.5. The Labute approximate surface area is 202 Å². The first-order valence-corrected chi connectivity index (χ1v) is 12.8. The summed E-state index contributed by atoms with van der Waals surface area (Å²) in [6.45, 7) is 5.88. The van der Waals surface area contributed by atoms with Gasteiger partial charge in [-0.2, -0.15) is 0 Å². The van der Waals surface area contributed by atoms with Crippen LogP contribution >= 0.6 is 0 Å². The van der Waals surface area contributed by atoms with Gasteiger partial charge in [0.15, 0.2) is 5.78 Å². The number of carbonyl (C=O) groups is 1. The van der Waals surface area contributed by atoms with E-state index in [2.05, 4.69) is 31.1 Å². The van der Waals surface area contributed by atoms with Crippen molar-refractivity contribution in [2.24, 2.45) is 22.4 Å². The van der Waals surface area contributed by atoms with Crippen LogP contribution in [0.3, 0.4) is 0 Å². The Morgan fingerprint density at radius 3 is 2.68 bits per heavy atom. The fourth-order valence-corrected chi connectivity index (χ4v) is 7.94. The third-order valence-corrected chi connectivity index (χ3v) is 9.37. The average Bonchev–Trinajstić information content (AvgIpc) is 3.11. The van der Waals surface area contributed by atoms with Crippen LogP contribution in [-0.2, 0) is 14.3 Å². The number of carbonyl (C=O) groups excluding carboxylic acids is 1. The van der Waals surface area contributed by atoms with Gasteiger partial charge in [0, 0.05) is 31.5 Å². The van der Waals surface area contributed by atoms with E-state index >= 15 is 0 Å². The molecule has 0 amide bonds. The summed E-state index contributed by atoms with van der Waals surface area (Å²) in [5.74, 6) is 1.64. The lowest BCUT2D eigenvalue weighted by atomic mass is 9.51. The number of allylic oxidation sites excluding steroid dienone is 4. The molecule has 5 atom stereocenters. The molecule has 0 saturated heterocycles. The third kappa shape index (κ3) is 3.59. The lowest BCUT2D eigenvalue weighted by Crippen LogP contribution is -2.55. The van der Waals surface area contributed by atoms with Crippen molar-refractivity contribution in [3.8, 4) is 0 Å². The molecule has 2 saturated carbocycles. The minimum atomic E-state index is -0.266. The van der Waals surface area contributed by atoms with Gasteiger partial charge in [0.1, 0.15) is 0 Å². The zero-order valence-corrected chi connectivity index (χ0v) is 20.7. The molecule has 4 aliphatic carbocycles. The second-order valence-electron chi connectivity index (χ2n) is 10.8. The predicted molar refractivity (Wildman–Crippen MR) is 132 cm³/mol. The van der Waals surface area contributed by atoms with Crippen molar-refractivity contribution in [2.45, 2.75) is 70.3 Å². The zero-order chi connectivity index (χ0) is 23.9. The highest BCUT2D eigenvalue weighted by Crippen LogP contribution is 2.67. The summed E-state index contributed by atoms with van der Waals surface area (Å²) in [5, 5.41) is 12.1. The van der Waals surface area contributed by atoms with Gasteiger partial charge in [-0.05, 0) is 85.6 Å². The molecule has 2 fully saturated rings. The second kappa shape index (κ2) is 9.09. The molecule has 0 spiro atoms. The van der Waals surface area contributed by atoms with Crippen molar-refractivity contribution in [1.29, 1.82) is 0 Å². The summed E-state index contributed by atoms with van der Waals surface area (Å²) < 4.78 is 12.4. The van der Waals surface area contributed by atoms with E-state index in [9.17, 15) is 4.79 Å². The number of oxime groups is 1. The van der Waals surface area contributed by atoms with Crippen LogP contribution in [-0.4, -0.2) is 43.1 Å². The van der Waals surface area contributed by atoms with Gasteiger partial charge in [0.2, 0.25) is 0 Å². The molecule has 0 heterocycles. The maximum atomic E-state index is 12.2. The molecule has 0 aliphatic heterocycles. The van der Waals surface area contributed by atoms with E-state index in [4.69, 9.17) is 14.7 Å². The number of nitrogens with zero attached hydrogens (tertiary/aromatic N) is 1. The minimum Gasteiger partial charge on any atom is -0.411 e. The number of hydrogen-bond donors (Lipinski definition) is 1. The van der Waals surface area contributed by atoms with Crippen molar-refractivity contribution in [1.82, 2.24) is 0 Å². The number of methoxy groups -OCH3 is 1. The molecular weight excluding hydrogens is 426 g/mol. The lowest BCUT2D eigenvalue weighted by molar-refractivity contribution is -0.164. The van der Waals surface area contributed by atoms with E-state index in [0.29, 0.717) is 31.5 Å². The minimum absolute atomic E-state index is 0.00927.